The molecule has 0 amide bonds. The topological polar surface area (TPSA) is 38.0 Å². The minimum atomic E-state index is 0.345. The van der Waals surface area contributed by atoms with Crippen LogP contribution in [0.4, 0.5) is 0 Å². The Morgan fingerprint density at radius 3 is 2.71 bits per heavy atom. The summed E-state index contributed by atoms with van der Waals surface area (Å²) < 4.78 is 0. The molecule has 1 aromatic carbocycles. The van der Waals surface area contributed by atoms with Crippen LogP contribution in [0.15, 0.2) is 30.3 Å². The molecule has 1 unspecified atom stereocenters. The molecular formula is C12H18N2. The van der Waals surface area contributed by atoms with Crippen molar-refractivity contribution in [3.8, 4) is 0 Å². The van der Waals surface area contributed by atoms with Crippen LogP contribution in [-0.4, -0.2) is 19.1 Å². The maximum absolute atomic E-state index is 5.92. The summed E-state index contributed by atoms with van der Waals surface area (Å²) in [6, 6.07) is 11.0. The van der Waals surface area contributed by atoms with E-state index in [0.717, 1.165) is 25.9 Å². The summed E-state index contributed by atoms with van der Waals surface area (Å²) in [4.78, 5) is 0. The molecule has 1 aliphatic rings. The molecule has 76 valence electrons. The monoisotopic (exact) mass is 190 g/mol. The van der Waals surface area contributed by atoms with Gasteiger partial charge in [0.15, 0.2) is 0 Å². The first-order valence-electron chi connectivity index (χ1n) is 5.35. The van der Waals surface area contributed by atoms with Gasteiger partial charge in [0.25, 0.3) is 0 Å². The lowest BCUT2D eigenvalue weighted by atomic mass is 9.90. The fourth-order valence-electron chi connectivity index (χ4n) is 2.17. The Kier molecular flexibility index (Phi) is 3.17. The first-order chi connectivity index (χ1) is 6.84. The van der Waals surface area contributed by atoms with E-state index in [4.69, 9.17) is 5.73 Å². The third kappa shape index (κ3) is 2.56. The van der Waals surface area contributed by atoms with Crippen molar-refractivity contribution in [3.63, 3.8) is 0 Å². The van der Waals surface area contributed by atoms with Gasteiger partial charge in [0.05, 0.1) is 0 Å². The summed E-state index contributed by atoms with van der Waals surface area (Å²) in [5.41, 5.74) is 7.34. The number of nitrogens with two attached hydrogens (primary N) is 1. The number of benzene rings is 1. The molecule has 0 aliphatic carbocycles. The zero-order chi connectivity index (χ0) is 9.80. The molecule has 0 saturated carbocycles. The van der Waals surface area contributed by atoms with E-state index in [-0.39, 0.29) is 0 Å². The number of piperidine rings is 1. The molecule has 1 heterocycles. The van der Waals surface area contributed by atoms with Crippen molar-refractivity contribution in [2.75, 3.05) is 13.1 Å². The highest BCUT2D eigenvalue weighted by atomic mass is 14.9. The fraction of sp³-hybridized carbons (Fsp3) is 0.500. The second-order valence-corrected chi connectivity index (χ2v) is 4.21. The zero-order valence-electron chi connectivity index (χ0n) is 8.45. The zero-order valence-corrected chi connectivity index (χ0v) is 8.45. The molecule has 2 nitrogen and oxygen atoms in total. The molecule has 2 atom stereocenters. The van der Waals surface area contributed by atoms with Gasteiger partial charge in [-0.1, -0.05) is 30.3 Å². The summed E-state index contributed by atoms with van der Waals surface area (Å²) in [6.07, 6.45) is 2.31. The van der Waals surface area contributed by atoms with Crippen LogP contribution in [0, 0.1) is 5.92 Å². The van der Waals surface area contributed by atoms with Crippen LogP contribution < -0.4 is 11.1 Å². The fourth-order valence-corrected chi connectivity index (χ4v) is 2.17. The third-order valence-electron chi connectivity index (χ3n) is 2.84. The van der Waals surface area contributed by atoms with Crippen molar-refractivity contribution in [2.45, 2.75) is 18.9 Å². The molecule has 0 aromatic heterocycles. The summed E-state index contributed by atoms with van der Waals surface area (Å²) >= 11 is 0. The SMILES string of the molecule is N[C@@H]1CNCC(Cc2ccccc2)C1. The first kappa shape index (κ1) is 9.69. The molecular weight excluding hydrogens is 172 g/mol. The van der Waals surface area contributed by atoms with Gasteiger partial charge in [-0.05, 0) is 30.9 Å². The first-order valence-corrected chi connectivity index (χ1v) is 5.35. The Morgan fingerprint density at radius 2 is 2.00 bits per heavy atom. The highest BCUT2D eigenvalue weighted by Crippen LogP contribution is 2.15. The quantitative estimate of drug-likeness (QED) is 0.734. The summed E-state index contributed by atoms with van der Waals surface area (Å²) in [5, 5.41) is 3.38. The Morgan fingerprint density at radius 1 is 1.21 bits per heavy atom. The van der Waals surface area contributed by atoms with E-state index in [1.54, 1.807) is 0 Å². The predicted octanol–water partition coefficient (Wildman–Crippen LogP) is 1.17. The second kappa shape index (κ2) is 4.58. The molecule has 0 spiro atoms. The van der Waals surface area contributed by atoms with Gasteiger partial charge < -0.3 is 11.1 Å². The van der Waals surface area contributed by atoms with Crippen LogP contribution in [0.2, 0.25) is 0 Å². The van der Waals surface area contributed by atoms with Gasteiger partial charge in [-0.2, -0.15) is 0 Å². The lowest BCUT2D eigenvalue weighted by molar-refractivity contribution is 0.340. The largest absolute Gasteiger partial charge is 0.327 e. The Bertz CT molecular complexity index is 271. The van der Waals surface area contributed by atoms with Crippen molar-refractivity contribution in [1.29, 1.82) is 0 Å². The molecule has 0 radical (unpaired) electrons. The number of hydrogen-bond donors (Lipinski definition) is 2. The van der Waals surface area contributed by atoms with Gasteiger partial charge in [0.2, 0.25) is 0 Å². The van der Waals surface area contributed by atoms with Gasteiger partial charge in [-0.3, -0.25) is 0 Å². The van der Waals surface area contributed by atoms with Crippen LogP contribution in [0.3, 0.4) is 0 Å². The van der Waals surface area contributed by atoms with Crippen LogP contribution >= 0.6 is 0 Å². The summed E-state index contributed by atoms with van der Waals surface area (Å²) in [7, 11) is 0. The highest BCUT2D eigenvalue weighted by Gasteiger charge is 2.18. The van der Waals surface area contributed by atoms with Gasteiger partial charge in [-0.15, -0.1) is 0 Å². The Hall–Kier alpha value is -0.860. The lowest BCUT2D eigenvalue weighted by Crippen LogP contribution is -2.44. The van der Waals surface area contributed by atoms with Crippen molar-refractivity contribution in [2.24, 2.45) is 11.7 Å². The van der Waals surface area contributed by atoms with Gasteiger partial charge in [-0.25, -0.2) is 0 Å². The molecule has 1 fully saturated rings. The Balaban J connectivity index is 1.91. The van der Waals surface area contributed by atoms with Crippen molar-refractivity contribution in [1.82, 2.24) is 5.32 Å². The van der Waals surface area contributed by atoms with Crippen molar-refractivity contribution >= 4 is 0 Å². The summed E-state index contributed by atoms with van der Waals surface area (Å²) in [6.45, 7) is 2.09. The van der Waals surface area contributed by atoms with E-state index in [0.29, 0.717) is 12.0 Å². The van der Waals surface area contributed by atoms with E-state index < -0.39 is 0 Å². The number of nitrogens with one attached hydrogen (secondary N) is 1. The molecule has 1 aromatic rings. The van der Waals surface area contributed by atoms with Crippen LogP contribution in [-0.2, 0) is 6.42 Å². The van der Waals surface area contributed by atoms with Crippen molar-refractivity contribution in [3.05, 3.63) is 35.9 Å². The second-order valence-electron chi connectivity index (χ2n) is 4.21. The average Bonchev–Trinajstić information content (AvgIpc) is 2.19. The Labute approximate surface area is 85.5 Å². The van der Waals surface area contributed by atoms with E-state index in [1.165, 1.54) is 5.56 Å². The van der Waals surface area contributed by atoms with E-state index in [1.807, 2.05) is 0 Å². The van der Waals surface area contributed by atoms with Gasteiger partial charge in [0.1, 0.15) is 0 Å². The molecule has 1 aliphatic heterocycles. The lowest BCUT2D eigenvalue weighted by Gasteiger charge is -2.27. The third-order valence-corrected chi connectivity index (χ3v) is 2.84. The number of hydrogen-bond acceptors (Lipinski definition) is 2. The van der Waals surface area contributed by atoms with Crippen molar-refractivity contribution < 1.29 is 0 Å². The minimum Gasteiger partial charge on any atom is -0.327 e. The standard InChI is InChI=1S/C12H18N2/c13-12-7-11(8-14-9-12)6-10-4-2-1-3-5-10/h1-5,11-12,14H,6-9,13H2/t11?,12-/m0/s1. The maximum Gasteiger partial charge on any atom is 0.0168 e. The molecule has 1 saturated heterocycles. The normalized spacial score (nSPS) is 27.5. The van der Waals surface area contributed by atoms with E-state index in [9.17, 15) is 0 Å². The minimum absolute atomic E-state index is 0.345. The summed E-state index contributed by atoms with van der Waals surface area (Å²) in [5.74, 6) is 0.709. The van der Waals surface area contributed by atoms with E-state index in [2.05, 4.69) is 35.6 Å². The molecule has 2 rings (SSSR count). The van der Waals surface area contributed by atoms with E-state index >= 15 is 0 Å². The highest BCUT2D eigenvalue weighted by molar-refractivity contribution is 5.15. The van der Waals surface area contributed by atoms with Crippen LogP contribution in [0.25, 0.3) is 0 Å². The molecule has 14 heavy (non-hydrogen) atoms. The predicted molar refractivity (Wildman–Crippen MR) is 59.1 cm³/mol. The molecule has 2 heteroatoms. The number of rotatable bonds is 2. The average molecular weight is 190 g/mol. The molecule has 0 bridgehead atoms. The van der Waals surface area contributed by atoms with Crippen LogP contribution in [0.5, 0.6) is 0 Å². The molecule has 3 N–H and O–H groups in total. The smallest absolute Gasteiger partial charge is 0.0168 e. The van der Waals surface area contributed by atoms with Gasteiger partial charge in [0, 0.05) is 12.6 Å². The van der Waals surface area contributed by atoms with Crippen LogP contribution in [0.1, 0.15) is 12.0 Å². The van der Waals surface area contributed by atoms with Gasteiger partial charge >= 0.3 is 0 Å². The maximum atomic E-state index is 5.92.